The number of thioether (sulfide) groups is 1. The minimum absolute atomic E-state index is 0.312. The summed E-state index contributed by atoms with van der Waals surface area (Å²) in [6, 6.07) is 0. The predicted molar refractivity (Wildman–Crippen MR) is 88.2 cm³/mol. The molecule has 0 aromatic rings. The third-order valence-electron chi connectivity index (χ3n) is 3.08. The molecule has 0 aromatic heterocycles. The van der Waals surface area contributed by atoms with Crippen molar-refractivity contribution < 1.29 is 9.90 Å². The SMILES string of the molecule is O=C(O)CCCCCCCCSC1=CC=C(Cl)CC=C1. The lowest BCUT2D eigenvalue weighted by Gasteiger charge is -2.02. The Hall–Kier alpha value is -0.670. The molecule has 1 aliphatic carbocycles. The fourth-order valence-electron chi connectivity index (χ4n) is 1.96. The summed E-state index contributed by atoms with van der Waals surface area (Å²) in [5, 5.41) is 9.41. The topological polar surface area (TPSA) is 37.3 Å². The van der Waals surface area contributed by atoms with Gasteiger partial charge in [-0.25, -0.2) is 0 Å². The molecule has 0 aromatic carbocycles. The van der Waals surface area contributed by atoms with Crippen LogP contribution in [-0.2, 0) is 4.79 Å². The fourth-order valence-corrected chi connectivity index (χ4v) is 3.05. The van der Waals surface area contributed by atoms with Crippen molar-refractivity contribution in [3.8, 4) is 0 Å². The predicted octanol–water partition coefficient (Wildman–Crippen LogP) is 5.50. The van der Waals surface area contributed by atoms with Gasteiger partial charge in [0.2, 0.25) is 0 Å². The van der Waals surface area contributed by atoms with E-state index in [4.69, 9.17) is 16.7 Å². The van der Waals surface area contributed by atoms with E-state index in [2.05, 4.69) is 18.2 Å². The second-order valence-electron chi connectivity index (χ2n) is 4.90. The highest BCUT2D eigenvalue weighted by atomic mass is 35.5. The van der Waals surface area contributed by atoms with Gasteiger partial charge in [-0.2, -0.15) is 0 Å². The van der Waals surface area contributed by atoms with Gasteiger partial charge in [-0.05, 0) is 30.7 Å². The van der Waals surface area contributed by atoms with E-state index < -0.39 is 5.97 Å². The summed E-state index contributed by atoms with van der Waals surface area (Å²) < 4.78 is 0. The Morgan fingerprint density at radius 2 is 1.85 bits per heavy atom. The van der Waals surface area contributed by atoms with Crippen molar-refractivity contribution in [2.24, 2.45) is 0 Å². The lowest BCUT2D eigenvalue weighted by molar-refractivity contribution is -0.137. The van der Waals surface area contributed by atoms with E-state index in [0.29, 0.717) is 6.42 Å². The molecule has 0 radical (unpaired) electrons. The zero-order valence-corrected chi connectivity index (χ0v) is 13.4. The van der Waals surface area contributed by atoms with Gasteiger partial charge in [0.15, 0.2) is 0 Å². The summed E-state index contributed by atoms with van der Waals surface area (Å²) in [6.45, 7) is 0. The molecule has 0 unspecified atom stereocenters. The van der Waals surface area contributed by atoms with Crippen molar-refractivity contribution in [3.05, 3.63) is 34.2 Å². The van der Waals surface area contributed by atoms with Crippen LogP contribution in [0.15, 0.2) is 34.2 Å². The normalized spacial score (nSPS) is 14.7. The molecule has 112 valence electrons. The summed E-state index contributed by atoms with van der Waals surface area (Å²) in [7, 11) is 0. The Labute approximate surface area is 131 Å². The molecule has 1 aliphatic rings. The molecule has 0 heterocycles. The highest BCUT2D eigenvalue weighted by Gasteiger charge is 1.99. The smallest absolute Gasteiger partial charge is 0.303 e. The molecule has 0 aliphatic heterocycles. The standard InChI is InChI=1S/C16H23ClO2S/c17-14-8-7-9-15(12-11-14)20-13-6-4-2-1-3-5-10-16(18)19/h7,9,11-12H,1-6,8,10,13H2,(H,18,19). The van der Waals surface area contributed by atoms with Gasteiger partial charge >= 0.3 is 5.97 Å². The van der Waals surface area contributed by atoms with Gasteiger partial charge in [-0.15, -0.1) is 11.8 Å². The lowest BCUT2D eigenvalue weighted by atomic mass is 10.1. The summed E-state index contributed by atoms with van der Waals surface area (Å²) >= 11 is 7.85. The van der Waals surface area contributed by atoms with Gasteiger partial charge in [-0.3, -0.25) is 4.79 Å². The number of allylic oxidation sites excluding steroid dienone is 5. The Bertz CT molecular complexity index is 386. The molecule has 0 saturated carbocycles. The van der Waals surface area contributed by atoms with E-state index in [1.54, 1.807) is 0 Å². The maximum Gasteiger partial charge on any atom is 0.303 e. The van der Waals surface area contributed by atoms with Crippen molar-refractivity contribution in [1.29, 1.82) is 0 Å². The molecule has 4 heteroatoms. The second kappa shape index (κ2) is 11.0. The Morgan fingerprint density at radius 3 is 2.60 bits per heavy atom. The zero-order chi connectivity index (χ0) is 14.6. The molecule has 0 atom stereocenters. The van der Waals surface area contributed by atoms with Crippen molar-refractivity contribution >= 4 is 29.3 Å². The number of unbranched alkanes of at least 4 members (excludes halogenated alkanes) is 5. The molecule has 1 rings (SSSR count). The molecule has 0 bridgehead atoms. The fraction of sp³-hybridized carbons (Fsp3) is 0.562. The van der Waals surface area contributed by atoms with Crippen LogP contribution in [0.2, 0.25) is 0 Å². The van der Waals surface area contributed by atoms with E-state index in [1.807, 2.05) is 17.8 Å². The number of aliphatic carboxylic acids is 1. The first-order chi connectivity index (χ1) is 9.68. The highest BCUT2D eigenvalue weighted by molar-refractivity contribution is 8.03. The summed E-state index contributed by atoms with van der Waals surface area (Å²) in [6.07, 6.45) is 16.1. The lowest BCUT2D eigenvalue weighted by Crippen LogP contribution is -1.93. The second-order valence-corrected chi connectivity index (χ2v) is 6.56. The first kappa shape index (κ1) is 17.4. The van der Waals surface area contributed by atoms with Crippen LogP contribution in [0.5, 0.6) is 0 Å². The van der Waals surface area contributed by atoms with Gasteiger partial charge in [-0.1, -0.05) is 49.4 Å². The van der Waals surface area contributed by atoms with E-state index in [9.17, 15) is 4.79 Å². The van der Waals surface area contributed by atoms with Gasteiger partial charge in [0, 0.05) is 22.8 Å². The van der Waals surface area contributed by atoms with Crippen LogP contribution in [0.4, 0.5) is 0 Å². The average Bonchev–Trinajstić information content (AvgIpc) is 2.61. The first-order valence-electron chi connectivity index (χ1n) is 7.26. The summed E-state index contributed by atoms with van der Waals surface area (Å²) in [5.74, 6) is 0.455. The van der Waals surface area contributed by atoms with E-state index in [-0.39, 0.29) is 0 Å². The van der Waals surface area contributed by atoms with E-state index in [1.165, 1.54) is 24.2 Å². The van der Waals surface area contributed by atoms with Crippen LogP contribution in [-0.4, -0.2) is 16.8 Å². The van der Waals surface area contributed by atoms with Gasteiger partial charge in [0.1, 0.15) is 0 Å². The molecule has 0 spiro atoms. The maximum atomic E-state index is 10.3. The molecule has 2 nitrogen and oxygen atoms in total. The van der Waals surface area contributed by atoms with Gasteiger partial charge in [0.05, 0.1) is 0 Å². The molecule has 0 amide bonds. The molecule has 0 saturated heterocycles. The van der Waals surface area contributed by atoms with Crippen LogP contribution >= 0.6 is 23.4 Å². The average molecular weight is 315 g/mol. The quantitative estimate of drug-likeness (QED) is 0.541. The molecular weight excluding hydrogens is 292 g/mol. The third-order valence-corrected chi connectivity index (χ3v) is 4.46. The Morgan fingerprint density at radius 1 is 1.15 bits per heavy atom. The van der Waals surface area contributed by atoms with Crippen molar-refractivity contribution in [2.75, 3.05) is 5.75 Å². The number of carboxylic acid groups (broad SMARTS) is 1. The third kappa shape index (κ3) is 9.27. The first-order valence-corrected chi connectivity index (χ1v) is 8.62. The van der Waals surface area contributed by atoms with Crippen LogP contribution in [0, 0.1) is 0 Å². The highest BCUT2D eigenvalue weighted by Crippen LogP contribution is 2.24. The number of rotatable bonds is 10. The van der Waals surface area contributed by atoms with Gasteiger partial charge < -0.3 is 5.11 Å². The number of carboxylic acids is 1. The number of hydrogen-bond acceptors (Lipinski definition) is 2. The number of hydrogen-bond donors (Lipinski definition) is 1. The maximum absolute atomic E-state index is 10.3. The van der Waals surface area contributed by atoms with Crippen molar-refractivity contribution in [3.63, 3.8) is 0 Å². The minimum atomic E-state index is -0.680. The monoisotopic (exact) mass is 314 g/mol. The van der Waals surface area contributed by atoms with E-state index in [0.717, 1.165) is 36.5 Å². The van der Waals surface area contributed by atoms with Gasteiger partial charge in [0.25, 0.3) is 0 Å². The number of halogens is 1. The zero-order valence-electron chi connectivity index (χ0n) is 11.8. The molecule has 20 heavy (non-hydrogen) atoms. The van der Waals surface area contributed by atoms with Crippen LogP contribution in [0.25, 0.3) is 0 Å². The van der Waals surface area contributed by atoms with Crippen molar-refractivity contribution in [1.82, 2.24) is 0 Å². The van der Waals surface area contributed by atoms with Crippen LogP contribution in [0.1, 0.15) is 51.4 Å². The van der Waals surface area contributed by atoms with E-state index >= 15 is 0 Å². The van der Waals surface area contributed by atoms with Crippen LogP contribution < -0.4 is 0 Å². The summed E-state index contributed by atoms with van der Waals surface area (Å²) in [5.41, 5.74) is 0. The largest absolute Gasteiger partial charge is 0.481 e. The van der Waals surface area contributed by atoms with Crippen molar-refractivity contribution in [2.45, 2.75) is 51.4 Å². The Kier molecular flexibility index (Phi) is 9.60. The minimum Gasteiger partial charge on any atom is -0.481 e. The Balaban J connectivity index is 1.96. The van der Waals surface area contributed by atoms with Crippen LogP contribution in [0.3, 0.4) is 0 Å². The molecule has 1 N–H and O–H groups in total. The molecule has 0 fully saturated rings. The summed E-state index contributed by atoms with van der Waals surface area (Å²) in [4.78, 5) is 11.6. The molecular formula is C16H23ClO2S. The number of carbonyl (C=O) groups is 1.